The van der Waals surface area contributed by atoms with E-state index >= 15 is 0 Å². The number of aliphatic hydroxyl groups is 1. The van der Waals surface area contributed by atoms with E-state index in [0.29, 0.717) is 6.54 Å². The number of hydrogen-bond donors (Lipinski definition) is 2. The Kier molecular flexibility index (Phi) is 3.01. The van der Waals surface area contributed by atoms with Crippen molar-refractivity contribution in [1.82, 2.24) is 4.98 Å². The van der Waals surface area contributed by atoms with Gasteiger partial charge in [0, 0.05) is 24.4 Å². The number of hydrogen-bond acceptors (Lipinski definition) is 3. The fourth-order valence-corrected chi connectivity index (χ4v) is 1.10. The van der Waals surface area contributed by atoms with Gasteiger partial charge in [0.05, 0.1) is 6.10 Å². The Labute approximate surface area is 78.6 Å². The van der Waals surface area contributed by atoms with Crippen LogP contribution in [0.4, 0.5) is 0 Å². The summed E-state index contributed by atoms with van der Waals surface area (Å²) < 4.78 is 0. The third-order valence-electron chi connectivity index (χ3n) is 2.27. The molecule has 0 saturated carbocycles. The summed E-state index contributed by atoms with van der Waals surface area (Å²) in [5.74, 6) is 0. The second-order valence-corrected chi connectivity index (χ2v) is 3.88. The van der Waals surface area contributed by atoms with E-state index in [1.807, 2.05) is 26.0 Å². The van der Waals surface area contributed by atoms with Crippen LogP contribution in [-0.4, -0.2) is 16.6 Å². The Balaban J connectivity index is 2.85. The second-order valence-electron chi connectivity index (χ2n) is 3.88. The van der Waals surface area contributed by atoms with Crippen molar-refractivity contribution in [3.8, 4) is 0 Å². The number of aliphatic hydroxyl groups excluding tert-OH is 1. The minimum atomic E-state index is -0.550. The summed E-state index contributed by atoms with van der Waals surface area (Å²) in [6, 6.07) is 3.67. The Bertz CT molecular complexity index is 259. The molecule has 1 atom stereocenters. The standard InChI is InChI=1S/C10H16N2O/c1-10(2,7-11)9(13)8-4-3-5-12-6-8/h3-6,9,13H,7,11H2,1-2H3. The van der Waals surface area contributed by atoms with Crippen LogP contribution in [0.15, 0.2) is 24.5 Å². The molecule has 0 aliphatic carbocycles. The molecule has 1 unspecified atom stereocenters. The zero-order chi connectivity index (χ0) is 9.90. The predicted molar refractivity (Wildman–Crippen MR) is 52.0 cm³/mol. The van der Waals surface area contributed by atoms with Crippen LogP contribution < -0.4 is 5.73 Å². The van der Waals surface area contributed by atoms with Crippen LogP contribution in [0.5, 0.6) is 0 Å². The number of rotatable bonds is 3. The first kappa shape index (κ1) is 10.2. The molecule has 0 bridgehead atoms. The Morgan fingerprint density at radius 1 is 1.62 bits per heavy atom. The third-order valence-corrected chi connectivity index (χ3v) is 2.27. The molecule has 3 nitrogen and oxygen atoms in total. The highest BCUT2D eigenvalue weighted by molar-refractivity contribution is 5.14. The lowest BCUT2D eigenvalue weighted by Crippen LogP contribution is -2.30. The molecular formula is C10H16N2O. The molecule has 0 spiro atoms. The predicted octanol–water partition coefficient (Wildman–Crippen LogP) is 1.10. The first-order chi connectivity index (χ1) is 6.08. The van der Waals surface area contributed by atoms with Gasteiger partial charge in [-0.15, -0.1) is 0 Å². The van der Waals surface area contributed by atoms with Crippen molar-refractivity contribution in [2.24, 2.45) is 11.1 Å². The zero-order valence-electron chi connectivity index (χ0n) is 8.07. The van der Waals surface area contributed by atoms with Crippen LogP contribution in [-0.2, 0) is 0 Å². The fraction of sp³-hybridized carbons (Fsp3) is 0.500. The van der Waals surface area contributed by atoms with E-state index in [1.54, 1.807) is 12.4 Å². The van der Waals surface area contributed by atoms with E-state index in [2.05, 4.69) is 4.98 Å². The van der Waals surface area contributed by atoms with Gasteiger partial charge < -0.3 is 10.8 Å². The maximum absolute atomic E-state index is 9.93. The van der Waals surface area contributed by atoms with E-state index in [0.717, 1.165) is 5.56 Å². The van der Waals surface area contributed by atoms with Crippen LogP contribution in [0.25, 0.3) is 0 Å². The molecule has 0 aliphatic rings. The van der Waals surface area contributed by atoms with Gasteiger partial charge in [0.25, 0.3) is 0 Å². The lowest BCUT2D eigenvalue weighted by Gasteiger charge is -2.28. The van der Waals surface area contributed by atoms with Crippen LogP contribution in [0.2, 0.25) is 0 Å². The summed E-state index contributed by atoms with van der Waals surface area (Å²) in [4.78, 5) is 3.95. The Hall–Kier alpha value is -0.930. The van der Waals surface area contributed by atoms with Crippen LogP contribution in [0.1, 0.15) is 25.5 Å². The highest BCUT2D eigenvalue weighted by atomic mass is 16.3. The summed E-state index contributed by atoms with van der Waals surface area (Å²) in [5.41, 5.74) is 6.08. The lowest BCUT2D eigenvalue weighted by molar-refractivity contribution is 0.0552. The molecule has 0 aromatic carbocycles. The van der Waals surface area contributed by atoms with Gasteiger partial charge in [-0.1, -0.05) is 19.9 Å². The van der Waals surface area contributed by atoms with Gasteiger partial charge in [0.2, 0.25) is 0 Å². The van der Waals surface area contributed by atoms with Gasteiger partial charge in [0.15, 0.2) is 0 Å². The minimum absolute atomic E-state index is 0.303. The van der Waals surface area contributed by atoms with E-state index < -0.39 is 6.10 Å². The largest absolute Gasteiger partial charge is 0.388 e. The summed E-state index contributed by atoms with van der Waals surface area (Å²) >= 11 is 0. The van der Waals surface area contributed by atoms with Gasteiger partial charge in [-0.2, -0.15) is 0 Å². The maximum Gasteiger partial charge on any atom is 0.0867 e. The SMILES string of the molecule is CC(C)(CN)C(O)c1cccnc1. The second kappa shape index (κ2) is 3.85. The molecule has 3 N–H and O–H groups in total. The molecule has 0 fully saturated rings. The summed E-state index contributed by atoms with van der Waals surface area (Å²) in [5, 5.41) is 9.93. The van der Waals surface area contributed by atoms with Gasteiger partial charge in [0.1, 0.15) is 0 Å². The minimum Gasteiger partial charge on any atom is -0.388 e. The zero-order valence-corrected chi connectivity index (χ0v) is 8.07. The van der Waals surface area contributed by atoms with Crippen molar-refractivity contribution in [3.05, 3.63) is 30.1 Å². The molecule has 1 rings (SSSR count). The number of pyridine rings is 1. The fourth-order valence-electron chi connectivity index (χ4n) is 1.10. The topological polar surface area (TPSA) is 59.1 Å². The van der Waals surface area contributed by atoms with Gasteiger partial charge in [-0.3, -0.25) is 4.98 Å². The summed E-state index contributed by atoms with van der Waals surface area (Å²) in [6.45, 7) is 4.32. The first-order valence-corrected chi connectivity index (χ1v) is 4.36. The normalized spacial score (nSPS) is 14.2. The molecule has 0 aliphatic heterocycles. The van der Waals surface area contributed by atoms with Crippen molar-refractivity contribution >= 4 is 0 Å². The average Bonchev–Trinajstić information content (AvgIpc) is 2.18. The third kappa shape index (κ3) is 2.26. The van der Waals surface area contributed by atoms with Gasteiger partial charge in [-0.05, 0) is 11.6 Å². The molecule has 0 radical (unpaired) electrons. The van der Waals surface area contributed by atoms with Crippen LogP contribution in [0, 0.1) is 5.41 Å². The quantitative estimate of drug-likeness (QED) is 0.732. The summed E-state index contributed by atoms with van der Waals surface area (Å²) in [6.07, 6.45) is 2.81. The van der Waals surface area contributed by atoms with Crippen molar-refractivity contribution in [2.75, 3.05) is 6.54 Å². The van der Waals surface area contributed by atoms with E-state index in [4.69, 9.17) is 5.73 Å². The van der Waals surface area contributed by atoms with Crippen LogP contribution in [0.3, 0.4) is 0 Å². The van der Waals surface area contributed by atoms with Crippen molar-refractivity contribution < 1.29 is 5.11 Å². The number of nitrogens with two attached hydrogens (primary N) is 1. The van der Waals surface area contributed by atoms with Crippen LogP contribution >= 0.6 is 0 Å². The summed E-state index contributed by atoms with van der Waals surface area (Å²) in [7, 11) is 0. The lowest BCUT2D eigenvalue weighted by atomic mass is 9.83. The molecule has 0 amide bonds. The van der Waals surface area contributed by atoms with E-state index in [-0.39, 0.29) is 5.41 Å². The first-order valence-electron chi connectivity index (χ1n) is 4.36. The van der Waals surface area contributed by atoms with E-state index in [1.165, 1.54) is 0 Å². The Morgan fingerprint density at radius 3 is 2.77 bits per heavy atom. The molecule has 1 aromatic heterocycles. The van der Waals surface area contributed by atoms with Crippen molar-refractivity contribution in [1.29, 1.82) is 0 Å². The van der Waals surface area contributed by atoms with Gasteiger partial charge in [-0.25, -0.2) is 0 Å². The average molecular weight is 180 g/mol. The molecule has 1 aromatic rings. The monoisotopic (exact) mass is 180 g/mol. The molecule has 0 saturated heterocycles. The highest BCUT2D eigenvalue weighted by Crippen LogP contribution is 2.31. The highest BCUT2D eigenvalue weighted by Gasteiger charge is 2.27. The molecule has 1 heterocycles. The smallest absolute Gasteiger partial charge is 0.0867 e. The van der Waals surface area contributed by atoms with E-state index in [9.17, 15) is 5.11 Å². The van der Waals surface area contributed by atoms with Crippen molar-refractivity contribution in [2.45, 2.75) is 20.0 Å². The molecular weight excluding hydrogens is 164 g/mol. The number of aromatic nitrogens is 1. The maximum atomic E-state index is 9.93. The molecule has 3 heteroatoms. The molecule has 72 valence electrons. The number of nitrogens with zero attached hydrogens (tertiary/aromatic N) is 1. The van der Waals surface area contributed by atoms with Crippen molar-refractivity contribution in [3.63, 3.8) is 0 Å². The Morgan fingerprint density at radius 2 is 2.31 bits per heavy atom. The van der Waals surface area contributed by atoms with Gasteiger partial charge >= 0.3 is 0 Å². The molecule has 13 heavy (non-hydrogen) atoms.